The van der Waals surface area contributed by atoms with Crippen molar-refractivity contribution >= 4 is 11.6 Å². The molecule has 1 fully saturated rings. The number of pyridine rings is 1. The molecule has 0 saturated carbocycles. The molecule has 1 N–H and O–H groups in total. The van der Waals surface area contributed by atoms with Crippen LogP contribution in [0.5, 0.6) is 0 Å². The summed E-state index contributed by atoms with van der Waals surface area (Å²) in [4.78, 5) is 35.4. The normalized spacial score (nSPS) is 17.9. The molecular formula is C12H16N4O4. The predicted molar refractivity (Wildman–Crippen MR) is 71.4 cm³/mol. The molecule has 2 heterocycles. The Kier molecular flexibility index (Phi) is 4.14. The number of hydrogen-bond acceptors (Lipinski definition) is 5. The van der Waals surface area contributed by atoms with Gasteiger partial charge in [0.25, 0.3) is 11.2 Å². The fourth-order valence-corrected chi connectivity index (χ4v) is 2.18. The van der Waals surface area contributed by atoms with Crippen molar-refractivity contribution in [3.8, 4) is 0 Å². The van der Waals surface area contributed by atoms with Gasteiger partial charge in [-0.3, -0.25) is 24.3 Å². The first-order valence-electron chi connectivity index (χ1n) is 6.30. The summed E-state index contributed by atoms with van der Waals surface area (Å²) in [5.74, 6) is -0.235. The molecule has 0 aliphatic carbocycles. The molecule has 8 heteroatoms. The predicted octanol–water partition coefficient (Wildman–Crippen LogP) is -0.423. The van der Waals surface area contributed by atoms with Crippen molar-refractivity contribution in [3.63, 3.8) is 0 Å². The Labute approximate surface area is 115 Å². The van der Waals surface area contributed by atoms with Crippen molar-refractivity contribution in [2.24, 2.45) is 0 Å². The first-order chi connectivity index (χ1) is 9.49. The SMILES string of the molecule is CN(C(=O)Cn1cc([N+](=O)[O-])ccc1=O)C1CCNC1. The molecule has 1 atom stereocenters. The van der Waals surface area contributed by atoms with E-state index in [-0.39, 0.29) is 24.2 Å². The first kappa shape index (κ1) is 14.2. The van der Waals surface area contributed by atoms with Crippen molar-refractivity contribution in [1.82, 2.24) is 14.8 Å². The number of carbonyl (C=O) groups excluding carboxylic acids is 1. The van der Waals surface area contributed by atoms with Crippen LogP contribution in [0.3, 0.4) is 0 Å². The van der Waals surface area contributed by atoms with E-state index in [1.54, 1.807) is 11.9 Å². The van der Waals surface area contributed by atoms with Crippen molar-refractivity contribution in [2.75, 3.05) is 20.1 Å². The van der Waals surface area contributed by atoms with Gasteiger partial charge in [-0.15, -0.1) is 0 Å². The van der Waals surface area contributed by atoms with E-state index >= 15 is 0 Å². The molecular weight excluding hydrogens is 264 g/mol. The molecule has 2 rings (SSSR count). The summed E-state index contributed by atoms with van der Waals surface area (Å²) in [6, 6.07) is 2.34. The van der Waals surface area contributed by atoms with Gasteiger partial charge in [-0.2, -0.15) is 0 Å². The van der Waals surface area contributed by atoms with Crippen molar-refractivity contribution in [3.05, 3.63) is 38.8 Å². The zero-order valence-corrected chi connectivity index (χ0v) is 11.1. The van der Waals surface area contributed by atoms with Gasteiger partial charge in [0.2, 0.25) is 5.91 Å². The number of amides is 1. The van der Waals surface area contributed by atoms with Gasteiger partial charge in [-0.1, -0.05) is 0 Å². The maximum absolute atomic E-state index is 12.1. The van der Waals surface area contributed by atoms with Gasteiger partial charge in [0.1, 0.15) is 6.54 Å². The Balaban J connectivity index is 2.12. The number of rotatable bonds is 4. The molecule has 1 saturated heterocycles. The van der Waals surface area contributed by atoms with E-state index in [0.717, 1.165) is 42.4 Å². The lowest BCUT2D eigenvalue weighted by molar-refractivity contribution is -0.385. The minimum absolute atomic E-state index is 0.108. The fraction of sp³-hybridized carbons (Fsp3) is 0.500. The molecule has 0 spiro atoms. The lowest BCUT2D eigenvalue weighted by Gasteiger charge is -2.24. The minimum Gasteiger partial charge on any atom is -0.340 e. The van der Waals surface area contributed by atoms with Crippen LogP contribution in [0.2, 0.25) is 0 Å². The Bertz CT molecular complexity index is 577. The van der Waals surface area contributed by atoms with Crippen LogP contribution in [0.15, 0.2) is 23.1 Å². The van der Waals surface area contributed by atoms with Crippen LogP contribution in [0.1, 0.15) is 6.42 Å². The second kappa shape index (κ2) is 5.83. The van der Waals surface area contributed by atoms with E-state index in [1.807, 2.05) is 0 Å². The highest BCUT2D eigenvalue weighted by molar-refractivity contribution is 5.76. The van der Waals surface area contributed by atoms with Gasteiger partial charge in [0.15, 0.2) is 0 Å². The monoisotopic (exact) mass is 280 g/mol. The number of nitrogens with one attached hydrogen (secondary N) is 1. The third-order valence-electron chi connectivity index (χ3n) is 3.46. The largest absolute Gasteiger partial charge is 0.340 e. The van der Waals surface area contributed by atoms with Crippen LogP contribution in [-0.4, -0.2) is 46.5 Å². The van der Waals surface area contributed by atoms with E-state index in [1.165, 1.54) is 0 Å². The number of nitrogens with zero attached hydrogens (tertiary/aromatic N) is 3. The molecule has 1 amide bonds. The molecule has 0 aromatic carbocycles. The Morgan fingerprint density at radius 1 is 1.60 bits per heavy atom. The number of likely N-dealkylation sites (N-methyl/N-ethyl adjacent to an activating group) is 1. The minimum atomic E-state index is -0.592. The van der Waals surface area contributed by atoms with Gasteiger partial charge < -0.3 is 10.2 Å². The molecule has 0 radical (unpaired) electrons. The topological polar surface area (TPSA) is 97.5 Å². The molecule has 1 aliphatic rings. The summed E-state index contributed by atoms with van der Waals surface area (Å²) in [7, 11) is 1.68. The zero-order chi connectivity index (χ0) is 14.7. The number of hydrogen-bond donors (Lipinski definition) is 1. The van der Waals surface area contributed by atoms with Gasteiger partial charge in [0.05, 0.1) is 11.1 Å². The van der Waals surface area contributed by atoms with Crippen molar-refractivity contribution < 1.29 is 9.72 Å². The maximum atomic E-state index is 12.1. The molecule has 0 bridgehead atoms. The average molecular weight is 280 g/mol. The summed E-state index contributed by atoms with van der Waals surface area (Å²) in [6.07, 6.45) is 1.97. The molecule has 1 aliphatic heterocycles. The second-order valence-electron chi connectivity index (χ2n) is 4.76. The highest BCUT2D eigenvalue weighted by atomic mass is 16.6. The van der Waals surface area contributed by atoms with E-state index in [2.05, 4.69) is 5.32 Å². The smallest absolute Gasteiger partial charge is 0.285 e. The summed E-state index contributed by atoms with van der Waals surface area (Å²) >= 11 is 0. The van der Waals surface area contributed by atoms with E-state index in [9.17, 15) is 19.7 Å². The molecule has 1 unspecified atom stereocenters. The summed E-state index contributed by atoms with van der Waals surface area (Å²) in [5.41, 5.74) is -0.635. The lowest BCUT2D eigenvalue weighted by atomic mass is 10.2. The molecule has 108 valence electrons. The van der Waals surface area contributed by atoms with E-state index in [4.69, 9.17) is 0 Å². The standard InChI is InChI=1S/C12H16N4O4/c1-14(9-4-5-13-6-9)12(18)8-15-7-10(16(19)20)2-3-11(15)17/h2-3,7,9,13H,4-6,8H2,1H3. The van der Waals surface area contributed by atoms with Crippen LogP contribution in [0, 0.1) is 10.1 Å². The average Bonchev–Trinajstić information content (AvgIpc) is 2.94. The second-order valence-corrected chi connectivity index (χ2v) is 4.76. The van der Waals surface area contributed by atoms with Gasteiger partial charge in [-0.25, -0.2) is 0 Å². The maximum Gasteiger partial charge on any atom is 0.285 e. The number of nitro groups is 1. The quantitative estimate of drug-likeness (QED) is 0.596. The zero-order valence-electron chi connectivity index (χ0n) is 11.1. The third-order valence-corrected chi connectivity index (χ3v) is 3.46. The summed E-state index contributed by atoms with van der Waals surface area (Å²) in [6.45, 7) is 1.40. The van der Waals surface area contributed by atoms with Gasteiger partial charge in [-0.05, 0) is 13.0 Å². The van der Waals surface area contributed by atoms with Crippen molar-refractivity contribution in [2.45, 2.75) is 19.0 Å². The summed E-state index contributed by atoms with van der Waals surface area (Å²) < 4.78 is 1.07. The van der Waals surface area contributed by atoms with Crippen LogP contribution < -0.4 is 10.9 Å². The van der Waals surface area contributed by atoms with Gasteiger partial charge in [0, 0.05) is 31.8 Å². The van der Waals surface area contributed by atoms with Gasteiger partial charge >= 0.3 is 0 Å². The molecule has 1 aromatic heterocycles. The molecule has 8 nitrogen and oxygen atoms in total. The molecule has 1 aromatic rings. The lowest BCUT2D eigenvalue weighted by Crippen LogP contribution is -2.41. The summed E-state index contributed by atoms with van der Waals surface area (Å²) in [5, 5.41) is 13.8. The first-order valence-corrected chi connectivity index (χ1v) is 6.30. The highest BCUT2D eigenvalue weighted by Gasteiger charge is 2.23. The van der Waals surface area contributed by atoms with Crippen LogP contribution in [0.4, 0.5) is 5.69 Å². The Morgan fingerprint density at radius 2 is 2.35 bits per heavy atom. The fourth-order valence-electron chi connectivity index (χ4n) is 2.18. The van der Waals surface area contributed by atoms with E-state index < -0.39 is 10.5 Å². The molecule has 20 heavy (non-hydrogen) atoms. The number of carbonyl (C=O) groups is 1. The van der Waals surface area contributed by atoms with Crippen molar-refractivity contribution in [1.29, 1.82) is 0 Å². The number of aromatic nitrogens is 1. The van der Waals surface area contributed by atoms with Crippen LogP contribution >= 0.6 is 0 Å². The van der Waals surface area contributed by atoms with E-state index in [0.29, 0.717) is 0 Å². The Morgan fingerprint density at radius 3 is 2.95 bits per heavy atom. The van der Waals surface area contributed by atoms with Crippen LogP contribution in [-0.2, 0) is 11.3 Å². The Hall–Kier alpha value is -2.22. The third kappa shape index (κ3) is 3.02. The highest BCUT2D eigenvalue weighted by Crippen LogP contribution is 2.09. The van der Waals surface area contributed by atoms with Crippen LogP contribution in [0.25, 0.3) is 0 Å².